The number of rotatable bonds is 5. The standard InChI is InChI=1S/C22H22N2O4/c1-22(2,3)15-8-10-16(11-9-15)23-19(25)14-27-21(26)13-12-20-24-17-6-4-5-7-18(17)28-20/h4-13H,14H2,1-3H3,(H,23,25)/b13-12+. The minimum Gasteiger partial charge on any atom is -0.452 e. The number of para-hydroxylation sites is 2. The van der Waals surface area contributed by atoms with Gasteiger partial charge in [-0.2, -0.15) is 0 Å². The fraction of sp³-hybridized carbons (Fsp3) is 0.227. The topological polar surface area (TPSA) is 81.4 Å². The number of ether oxygens (including phenoxy) is 1. The SMILES string of the molecule is CC(C)(C)c1ccc(NC(=O)COC(=O)/C=C/c2nc3ccccc3o2)cc1. The zero-order valence-corrected chi connectivity index (χ0v) is 16.1. The molecule has 0 radical (unpaired) electrons. The highest BCUT2D eigenvalue weighted by Gasteiger charge is 2.13. The molecule has 2 aromatic carbocycles. The molecule has 144 valence electrons. The van der Waals surface area contributed by atoms with Crippen LogP contribution in [0.15, 0.2) is 59.0 Å². The van der Waals surface area contributed by atoms with Crippen molar-refractivity contribution in [2.75, 3.05) is 11.9 Å². The molecule has 6 heteroatoms. The molecule has 1 amide bonds. The molecule has 3 rings (SSSR count). The van der Waals surface area contributed by atoms with Crippen molar-refractivity contribution in [2.24, 2.45) is 0 Å². The van der Waals surface area contributed by atoms with Gasteiger partial charge in [-0.3, -0.25) is 4.79 Å². The average Bonchev–Trinajstić information content (AvgIpc) is 3.07. The molecule has 0 aliphatic heterocycles. The van der Waals surface area contributed by atoms with E-state index in [4.69, 9.17) is 9.15 Å². The first-order chi connectivity index (χ1) is 13.3. The molecule has 1 heterocycles. The summed E-state index contributed by atoms with van der Waals surface area (Å²) in [7, 11) is 0. The fourth-order valence-corrected chi connectivity index (χ4v) is 2.54. The molecule has 28 heavy (non-hydrogen) atoms. The lowest BCUT2D eigenvalue weighted by atomic mass is 9.87. The van der Waals surface area contributed by atoms with Crippen LogP contribution in [0.3, 0.4) is 0 Å². The van der Waals surface area contributed by atoms with Crippen LogP contribution in [-0.2, 0) is 19.7 Å². The third kappa shape index (κ3) is 5.07. The molecular weight excluding hydrogens is 356 g/mol. The number of amides is 1. The highest BCUT2D eigenvalue weighted by molar-refractivity contribution is 5.94. The van der Waals surface area contributed by atoms with Crippen LogP contribution in [0.4, 0.5) is 5.69 Å². The summed E-state index contributed by atoms with van der Waals surface area (Å²) in [6, 6.07) is 14.9. The van der Waals surface area contributed by atoms with Crippen LogP contribution in [0.2, 0.25) is 0 Å². The maximum atomic E-state index is 11.9. The second-order valence-electron chi connectivity index (χ2n) is 7.34. The Morgan fingerprint density at radius 2 is 1.82 bits per heavy atom. The monoisotopic (exact) mass is 378 g/mol. The summed E-state index contributed by atoms with van der Waals surface area (Å²) >= 11 is 0. The zero-order valence-electron chi connectivity index (χ0n) is 16.1. The highest BCUT2D eigenvalue weighted by Crippen LogP contribution is 2.23. The second-order valence-corrected chi connectivity index (χ2v) is 7.34. The van der Waals surface area contributed by atoms with Gasteiger partial charge in [-0.25, -0.2) is 9.78 Å². The summed E-state index contributed by atoms with van der Waals surface area (Å²) in [5.74, 6) is -0.769. The van der Waals surface area contributed by atoms with E-state index in [0.29, 0.717) is 22.7 Å². The van der Waals surface area contributed by atoms with E-state index in [9.17, 15) is 9.59 Å². The molecule has 0 fully saturated rings. The van der Waals surface area contributed by atoms with Crippen molar-refractivity contribution in [3.05, 3.63) is 66.1 Å². The summed E-state index contributed by atoms with van der Waals surface area (Å²) in [6.45, 7) is 5.98. The molecule has 0 saturated carbocycles. The number of nitrogens with zero attached hydrogens (tertiary/aromatic N) is 1. The summed E-state index contributed by atoms with van der Waals surface area (Å²) in [6.07, 6.45) is 2.58. The van der Waals surface area contributed by atoms with Crippen LogP contribution < -0.4 is 5.32 Å². The van der Waals surface area contributed by atoms with Crippen LogP contribution >= 0.6 is 0 Å². The summed E-state index contributed by atoms with van der Waals surface area (Å²) in [5, 5.41) is 2.70. The van der Waals surface area contributed by atoms with E-state index in [1.165, 1.54) is 17.7 Å². The molecule has 0 saturated heterocycles. The molecule has 1 aromatic heterocycles. The minimum absolute atomic E-state index is 0.0408. The Morgan fingerprint density at radius 3 is 2.50 bits per heavy atom. The van der Waals surface area contributed by atoms with Gasteiger partial charge in [0.25, 0.3) is 5.91 Å². The van der Waals surface area contributed by atoms with E-state index < -0.39 is 11.9 Å². The van der Waals surface area contributed by atoms with E-state index in [1.54, 1.807) is 6.07 Å². The van der Waals surface area contributed by atoms with Crippen molar-refractivity contribution in [3.63, 3.8) is 0 Å². The number of hydrogen-bond acceptors (Lipinski definition) is 5. The number of esters is 1. The largest absolute Gasteiger partial charge is 0.452 e. The average molecular weight is 378 g/mol. The number of anilines is 1. The van der Waals surface area contributed by atoms with Crippen molar-refractivity contribution in [1.29, 1.82) is 0 Å². The van der Waals surface area contributed by atoms with Gasteiger partial charge < -0.3 is 14.5 Å². The molecule has 0 bridgehead atoms. The van der Waals surface area contributed by atoms with E-state index in [2.05, 4.69) is 31.1 Å². The maximum Gasteiger partial charge on any atom is 0.331 e. The molecule has 1 N–H and O–H groups in total. The van der Waals surface area contributed by atoms with Crippen molar-refractivity contribution < 1.29 is 18.7 Å². The smallest absolute Gasteiger partial charge is 0.331 e. The normalized spacial score (nSPS) is 11.7. The van der Waals surface area contributed by atoms with Crippen molar-refractivity contribution in [1.82, 2.24) is 4.98 Å². The first-order valence-electron chi connectivity index (χ1n) is 8.92. The van der Waals surface area contributed by atoms with Crippen molar-refractivity contribution in [3.8, 4) is 0 Å². The number of nitrogens with one attached hydrogen (secondary N) is 1. The number of oxazole rings is 1. The predicted octanol–water partition coefficient (Wildman–Crippen LogP) is 4.32. The molecule has 0 aliphatic carbocycles. The number of carbonyl (C=O) groups excluding carboxylic acids is 2. The Kier molecular flexibility index (Phi) is 5.59. The Bertz CT molecular complexity index is 978. The summed E-state index contributed by atoms with van der Waals surface area (Å²) in [5.41, 5.74) is 3.19. The number of fused-ring (bicyclic) bond motifs is 1. The van der Waals surface area contributed by atoms with Gasteiger partial charge in [0.1, 0.15) is 5.52 Å². The number of hydrogen-bond donors (Lipinski definition) is 1. The third-order valence-corrected chi connectivity index (χ3v) is 4.05. The lowest BCUT2D eigenvalue weighted by Crippen LogP contribution is -2.20. The van der Waals surface area contributed by atoms with Crippen molar-refractivity contribution in [2.45, 2.75) is 26.2 Å². The lowest BCUT2D eigenvalue weighted by Gasteiger charge is -2.19. The van der Waals surface area contributed by atoms with Crippen LogP contribution in [-0.4, -0.2) is 23.5 Å². The van der Waals surface area contributed by atoms with Gasteiger partial charge in [-0.15, -0.1) is 0 Å². The van der Waals surface area contributed by atoms with Crippen LogP contribution in [0.1, 0.15) is 32.2 Å². The van der Waals surface area contributed by atoms with Gasteiger partial charge in [0.2, 0.25) is 5.89 Å². The van der Waals surface area contributed by atoms with Crippen molar-refractivity contribution >= 4 is 34.7 Å². The van der Waals surface area contributed by atoms with Crippen LogP contribution in [0, 0.1) is 0 Å². The first-order valence-corrected chi connectivity index (χ1v) is 8.92. The number of aromatic nitrogens is 1. The molecule has 0 spiro atoms. The summed E-state index contributed by atoms with van der Waals surface area (Å²) < 4.78 is 10.4. The predicted molar refractivity (Wildman–Crippen MR) is 108 cm³/mol. The van der Waals surface area contributed by atoms with Gasteiger partial charge in [0, 0.05) is 17.8 Å². The van der Waals surface area contributed by atoms with Gasteiger partial charge in [0.15, 0.2) is 12.2 Å². The molecule has 0 atom stereocenters. The molecule has 6 nitrogen and oxygen atoms in total. The zero-order chi connectivity index (χ0) is 20.1. The van der Waals surface area contributed by atoms with E-state index in [0.717, 1.165) is 0 Å². The maximum absolute atomic E-state index is 11.9. The quantitative estimate of drug-likeness (QED) is 0.528. The van der Waals surface area contributed by atoms with Gasteiger partial charge >= 0.3 is 5.97 Å². The van der Waals surface area contributed by atoms with E-state index in [-0.39, 0.29) is 12.0 Å². The third-order valence-electron chi connectivity index (χ3n) is 4.05. The molecular formula is C22H22N2O4. The molecule has 3 aromatic rings. The Morgan fingerprint density at radius 1 is 1.11 bits per heavy atom. The Hall–Kier alpha value is -3.41. The van der Waals surface area contributed by atoms with Gasteiger partial charge in [-0.05, 0) is 35.2 Å². The fourth-order valence-electron chi connectivity index (χ4n) is 2.54. The number of carbonyl (C=O) groups is 2. The van der Waals surface area contributed by atoms with Crippen LogP contribution in [0.5, 0.6) is 0 Å². The molecule has 0 unspecified atom stereocenters. The highest BCUT2D eigenvalue weighted by atomic mass is 16.5. The van der Waals surface area contributed by atoms with Crippen LogP contribution in [0.25, 0.3) is 17.2 Å². The second kappa shape index (κ2) is 8.08. The van der Waals surface area contributed by atoms with Gasteiger partial charge in [0.05, 0.1) is 0 Å². The number of benzene rings is 2. The Labute approximate surface area is 163 Å². The first kappa shape index (κ1) is 19.4. The minimum atomic E-state index is -0.652. The van der Waals surface area contributed by atoms with E-state index in [1.807, 2.05) is 42.5 Å². The Balaban J connectivity index is 1.49. The van der Waals surface area contributed by atoms with E-state index >= 15 is 0 Å². The molecule has 0 aliphatic rings. The summed E-state index contributed by atoms with van der Waals surface area (Å²) in [4.78, 5) is 28.0. The van der Waals surface area contributed by atoms with Gasteiger partial charge in [-0.1, -0.05) is 45.0 Å². The lowest BCUT2D eigenvalue weighted by molar-refractivity contribution is -0.142.